The highest BCUT2D eigenvalue weighted by Crippen LogP contribution is 2.30. The lowest BCUT2D eigenvalue weighted by Crippen LogP contribution is -2.39. The summed E-state index contributed by atoms with van der Waals surface area (Å²) in [6.45, 7) is 9.92. The Morgan fingerprint density at radius 2 is 1.80 bits per heavy atom. The van der Waals surface area contributed by atoms with Gasteiger partial charge in [-0.15, -0.1) is 0 Å². The van der Waals surface area contributed by atoms with Crippen LogP contribution in [-0.2, 0) is 9.53 Å². The van der Waals surface area contributed by atoms with Crippen LogP contribution < -0.4 is 19.6 Å². The smallest absolute Gasteiger partial charge is 0.338 e. The number of rotatable bonds is 7. The lowest BCUT2D eigenvalue weighted by Gasteiger charge is -2.24. The van der Waals surface area contributed by atoms with Crippen molar-refractivity contribution in [1.29, 1.82) is 0 Å². The monoisotopic (exact) mass is 490 g/mol. The van der Waals surface area contributed by atoms with Crippen molar-refractivity contribution in [3.63, 3.8) is 0 Å². The average molecular weight is 491 g/mol. The van der Waals surface area contributed by atoms with Crippen LogP contribution in [0.1, 0.15) is 56.8 Å². The van der Waals surface area contributed by atoms with Crippen molar-refractivity contribution in [2.45, 2.75) is 53.2 Å². The molecule has 0 saturated heterocycles. The molecule has 4 rings (SSSR count). The first-order valence-corrected chi connectivity index (χ1v) is 12.7. The molecule has 0 amide bonds. The van der Waals surface area contributed by atoms with Crippen molar-refractivity contribution in [1.82, 2.24) is 4.57 Å². The summed E-state index contributed by atoms with van der Waals surface area (Å²) in [5.74, 6) is 0.345. The lowest BCUT2D eigenvalue weighted by atomic mass is 9.95. The number of carbonyl (C=O) groups excluding carboxylic acids is 1. The maximum atomic E-state index is 13.6. The molecular weight excluding hydrogens is 460 g/mol. The molecule has 3 aromatic rings. The van der Waals surface area contributed by atoms with Gasteiger partial charge >= 0.3 is 5.97 Å². The molecule has 35 heavy (non-hydrogen) atoms. The maximum absolute atomic E-state index is 13.6. The van der Waals surface area contributed by atoms with E-state index in [-0.39, 0.29) is 18.3 Å². The van der Waals surface area contributed by atoms with E-state index in [1.54, 1.807) is 18.4 Å². The van der Waals surface area contributed by atoms with Crippen LogP contribution in [0.5, 0.6) is 5.75 Å². The number of ether oxygens (including phenoxy) is 2. The minimum absolute atomic E-state index is 0.142. The van der Waals surface area contributed by atoms with Crippen LogP contribution in [-0.4, -0.2) is 23.2 Å². The topological polar surface area (TPSA) is 69.9 Å². The predicted octanol–water partition coefficient (Wildman–Crippen LogP) is 4.28. The predicted molar refractivity (Wildman–Crippen MR) is 138 cm³/mol. The number of benzene rings is 2. The first-order valence-electron chi connectivity index (χ1n) is 11.8. The number of fused-ring (bicyclic) bond motifs is 1. The Kier molecular flexibility index (Phi) is 7.36. The van der Waals surface area contributed by atoms with E-state index in [0.717, 1.165) is 28.9 Å². The summed E-state index contributed by atoms with van der Waals surface area (Å²) in [4.78, 5) is 31.8. The summed E-state index contributed by atoms with van der Waals surface area (Å²) >= 11 is 1.32. The first kappa shape index (κ1) is 24.7. The van der Waals surface area contributed by atoms with Gasteiger partial charge in [-0.25, -0.2) is 9.79 Å². The van der Waals surface area contributed by atoms with Gasteiger partial charge in [0.05, 0.1) is 34.6 Å². The van der Waals surface area contributed by atoms with E-state index in [0.29, 0.717) is 20.6 Å². The summed E-state index contributed by atoms with van der Waals surface area (Å²) in [5.41, 5.74) is 3.59. The van der Waals surface area contributed by atoms with E-state index in [1.165, 1.54) is 11.3 Å². The van der Waals surface area contributed by atoms with Crippen LogP contribution in [0, 0.1) is 6.92 Å². The van der Waals surface area contributed by atoms with Gasteiger partial charge in [0.15, 0.2) is 4.80 Å². The zero-order chi connectivity index (χ0) is 25.1. The molecule has 0 unspecified atom stereocenters. The van der Waals surface area contributed by atoms with Crippen LogP contribution in [0.25, 0.3) is 6.08 Å². The molecule has 0 fully saturated rings. The molecule has 2 aromatic carbocycles. The number of aromatic nitrogens is 1. The zero-order valence-electron chi connectivity index (χ0n) is 20.7. The molecular formula is C28H30N2O4S. The van der Waals surface area contributed by atoms with E-state index >= 15 is 0 Å². The van der Waals surface area contributed by atoms with Gasteiger partial charge in [0.25, 0.3) is 5.56 Å². The number of allylic oxidation sites excluding steroid dienone is 1. The average Bonchev–Trinajstić information content (AvgIpc) is 3.14. The number of nitrogens with zero attached hydrogens (tertiary/aromatic N) is 2. The van der Waals surface area contributed by atoms with Gasteiger partial charge in [0, 0.05) is 0 Å². The van der Waals surface area contributed by atoms with Gasteiger partial charge in [0.1, 0.15) is 5.75 Å². The van der Waals surface area contributed by atoms with Gasteiger partial charge < -0.3 is 9.47 Å². The molecule has 7 heteroatoms. The second kappa shape index (κ2) is 10.4. The van der Waals surface area contributed by atoms with Gasteiger partial charge in [-0.1, -0.05) is 60.2 Å². The van der Waals surface area contributed by atoms with E-state index < -0.39 is 12.0 Å². The molecule has 0 radical (unpaired) electrons. The molecule has 0 saturated carbocycles. The fourth-order valence-corrected chi connectivity index (χ4v) is 5.01. The van der Waals surface area contributed by atoms with E-state index in [4.69, 9.17) is 9.47 Å². The number of carbonyl (C=O) groups is 1. The van der Waals surface area contributed by atoms with Gasteiger partial charge in [-0.2, -0.15) is 0 Å². The summed E-state index contributed by atoms with van der Waals surface area (Å²) in [7, 11) is 0. The summed E-state index contributed by atoms with van der Waals surface area (Å²) in [6, 6.07) is 14.9. The second-order valence-electron chi connectivity index (χ2n) is 8.62. The Morgan fingerprint density at radius 3 is 2.43 bits per heavy atom. The van der Waals surface area contributed by atoms with Crippen molar-refractivity contribution < 1.29 is 14.3 Å². The Labute approximate surface area is 208 Å². The molecule has 0 aliphatic carbocycles. The third-order valence-electron chi connectivity index (χ3n) is 6.00. The highest BCUT2D eigenvalue weighted by molar-refractivity contribution is 7.07. The van der Waals surface area contributed by atoms with Crippen molar-refractivity contribution in [2.24, 2.45) is 4.99 Å². The highest BCUT2D eigenvalue weighted by Gasteiger charge is 2.33. The molecule has 0 spiro atoms. The quantitative estimate of drug-likeness (QED) is 0.464. The van der Waals surface area contributed by atoms with E-state index in [9.17, 15) is 9.59 Å². The normalized spacial score (nSPS) is 16.5. The number of hydrogen-bond donors (Lipinski definition) is 0. The van der Waals surface area contributed by atoms with Gasteiger partial charge in [-0.05, 0) is 63.5 Å². The summed E-state index contributed by atoms with van der Waals surface area (Å²) in [5, 5.41) is 0. The molecule has 0 bridgehead atoms. The standard InChI is InChI=1S/C28H30N2O4S/c1-6-18(4)34-22-14-10-20(11-15-22)16-23-26(31)30-25(21-12-8-17(3)9-13-21)24(27(32)33-7-2)19(5)29-28(30)35-23/h8-16,18,25H,6-7H2,1-5H3/b23-16+/t18-,25-/m0/s1. The lowest BCUT2D eigenvalue weighted by molar-refractivity contribution is -0.139. The van der Waals surface area contributed by atoms with Crippen molar-refractivity contribution in [3.05, 3.63) is 96.2 Å². The number of hydrogen-bond acceptors (Lipinski definition) is 6. The largest absolute Gasteiger partial charge is 0.491 e. The van der Waals surface area contributed by atoms with Crippen LogP contribution in [0.15, 0.2) is 69.6 Å². The molecule has 0 N–H and O–H groups in total. The Hall–Kier alpha value is -3.45. The van der Waals surface area contributed by atoms with E-state index in [1.807, 2.05) is 68.5 Å². The van der Waals surface area contributed by atoms with Crippen LogP contribution >= 0.6 is 11.3 Å². The Morgan fingerprint density at radius 1 is 1.11 bits per heavy atom. The molecule has 1 aliphatic heterocycles. The number of aryl methyl sites for hydroxylation is 1. The number of esters is 1. The maximum Gasteiger partial charge on any atom is 0.338 e. The molecule has 1 aromatic heterocycles. The summed E-state index contributed by atoms with van der Waals surface area (Å²) < 4.78 is 13.4. The van der Waals surface area contributed by atoms with Crippen molar-refractivity contribution in [2.75, 3.05) is 6.61 Å². The molecule has 2 atom stereocenters. The third kappa shape index (κ3) is 5.15. The number of thiazole rings is 1. The minimum Gasteiger partial charge on any atom is -0.491 e. The Balaban J connectivity index is 1.82. The van der Waals surface area contributed by atoms with Gasteiger partial charge in [-0.3, -0.25) is 9.36 Å². The SMILES string of the molecule is CCOC(=O)C1=C(C)N=c2s/c(=C/c3ccc(O[C@@H](C)CC)cc3)c(=O)n2[C@H]1c1ccc(C)cc1. The molecule has 2 heterocycles. The molecule has 182 valence electrons. The molecule has 6 nitrogen and oxygen atoms in total. The zero-order valence-corrected chi connectivity index (χ0v) is 21.5. The van der Waals surface area contributed by atoms with Gasteiger partial charge in [0.2, 0.25) is 0 Å². The van der Waals surface area contributed by atoms with Crippen molar-refractivity contribution >= 4 is 23.4 Å². The minimum atomic E-state index is -0.598. The first-order chi connectivity index (χ1) is 16.8. The second-order valence-corrected chi connectivity index (χ2v) is 9.63. The fourth-order valence-electron chi connectivity index (χ4n) is 3.97. The molecule has 1 aliphatic rings. The summed E-state index contributed by atoms with van der Waals surface area (Å²) in [6.07, 6.45) is 2.92. The van der Waals surface area contributed by atoms with Crippen LogP contribution in [0.2, 0.25) is 0 Å². The third-order valence-corrected chi connectivity index (χ3v) is 6.98. The van der Waals surface area contributed by atoms with Crippen molar-refractivity contribution in [3.8, 4) is 5.75 Å². The fraction of sp³-hybridized carbons (Fsp3) is 0.321. The van der Waals surface area contributed by atoms with Crippen LogP contribution in [0.4, 0.5) is 0 Å². The Bertz CT molecular complexity index is 1430. The van der Waals surface area contributed by atoms with E-state index in [2.05, 4.69) is 11.9 Å². The van der Waals surface area contributed by atoms with Crippen LogP contribution in [0.3, 0.4) is 0 Å². The highest BCUT2D eigenvalue weighted by atomic mass is 32.1.